The van der Waals surface area contributed by atoms with Crippen molar-refractivity contribution in [2.24, 2.45) is 0 Å². The van der Waals surface area contributed by atoms with E-state index in [4.69, 9.17) is 0 Å². The van der Waals surface area contributed by atoms with Gasteiger partial charge in [-0.1, -0.05) is 25.6 Å². The number of ether oxygens (including phenoxy) is 1. The molecule has 4 heteroatoms. The summed E-state index contributed by atoms with van der Waals surface area (Å²) in [5.41, 5.74) is 3.65. The lowest BCUT2D eigenvalue weighted by Crippen LogP contribution is -2.16. The zero-order valence-corrected chi connectivity index (χ0v) is 11.4. The van der Waals surface area contributed by atoms with Crippen LogP contribution in [-0.2, 0) is 4.74 Å². The van der Waals surface area contributed by atoms with Crippen LogP contribution < -0.4 is 0 Å². The molecule has 0 amide bonds. The fourth-order valence-corrected chi connectivity index (χ4v) is 1.65. The highest BCUT2D eigenvalue weighted by Gasteiger charge is 2.12. The average molecular weight is 250 g/mol. The zero-order chi connectivity index (χ0) is 13.1. The van der Waals surface area contributed by atoms with E-state index >= 15 is 0 Å². The highest BCUT2D eigenvalue weighted by atomic mass is 28.3. The summed E-state index contributed by atoms with van der Waals surface area (Å²) in [6.07, 6.45) is 0. The van der Waals surface area contributed by atoms with Gasteiger partial charge in [0.05, 0.1) is 12.7 Å². The van der Waals surface area contributed by atoms with Crippen molar-refractivity contribution in [3.05, 3.63) is 35.1 Å². The molecule has 0 heterocycles. The number of esters is 1. The number of hydrogen-bond acceptors (Lipinski definition) is 2. The second kappa shape index (κ2) is 5.15. The van der Waals surface area contributed by atoms with E-state index in [1.807, 2.05) is 0 Å². The molecule has 0 spiro atoms. The van der Waals surface area contributed by atoms with Crippen LogP contribution in [0.2, 0.25) is 19.6 Å². The predicted molar refractivity (Wildman–Crippen MR) is 68.0 cm³/mol. The first-order chi connectivity index (χ1) is 7.83. The summed E-state index contributed by atoms with van der Waals surface area (Å²) in [5, 5.41) is 0. The van der Waals surface area contributed by atoms with Crippen LogP contribution in [0.1, 0.15) is 15.9 Å². The van der Waals surface area contributed by atoms with E-state index in [0.29, 0.717) is 5.56 Å². The third-order valence-electron chi connectivity index (χ3n) is 1.96. The van der Waals surface area contributed by atoms with E-state index in [-0.39, 0.29) is 5.56 Å². The first kappa shape index (κ1) is 13.5. The van der Waals surface area contributed by atoms with Crippen LogP contribution in [0.3, 0.4) is 0 Å². The molecule has 0 aliphatic rings. The van der Waals surface area contributed by atoms with Crippen LogP contribution in [0, 0.1) is 17.3 Å². The Labute approximate surface area is 102 Å². The van der Waals surface area contributed by atoms with Gasteiger partial charge in [0.2, 0.25) is 0 Å². The molecule has 0 atom stereocenters. The number of carbonyl (C=O) groups excluding carboxylic acids is 1. The first-order valence-corrected chi connectivity index (χ1v) is 8.74. The maximum atomic E-state index is 13.6. The summed E-state index contributed by atoms with van der Waals surface area (Å²) >= 11 is 0. The molecule has 0 unspecified atom stereocenters. The second-order valence-corrected chi connectivity index (χ2v) is 9.44. The molecule has 0 N–H and O–H groups in total. The number of rotatable bonds is 1. The molecule has 0 saturated heterocycles. The molecule has 1 aromatic rings. The lowest BCUT2D eigenvalue weighted by atomic mass is 10.1. The van der Waals surface area contributed by atoms with Gasteiger partial charge >= 0.3 is 5.97 Å². The third-order valence-corrected chi connectivity index (χ3v) is 2.83. The maximum Gasteiger partial charge on any atom is 0.340 e. The van der Waals surface area contributed by atoms with Gasteiger partial charge in [-0.25, -0.2) is 9.18 Å². The molecule has 0 saturated carbocycles. The number of carbonyl (C=O) groups is 1. The van der Waals surface area contributed by atoms with Crippen molar-refractivity contribution in [2.75, 3.05) is 7.11 Å². The van der Waals surface area contributed by atoms with Crippen molar-refractivity contribution in [1.82, 2.24) is 0 Å². The van der Waals surface area contributed by atoms with Gasteiger partial charge in [-0.05, 0) is 18.2 Å². The average Bonchev–Trinajstić information content (AvgIpc) is 2.24. The fraction of sp³-hybridized carbons (Fsp3) is 0.308. The molecule has 0 fully saturated rings. The van der Waals surface area contributed by atoms with Crippen molar-refractivity contribution < 1.29 is 13.9 Å². The Kier molecular flexibility index (Phi) is 4.08. The quantitative estimate of drug-likeness (QED) is 0.435. The number of methoxy groups -OCH3 is 1. The maximum absolute atomic E-state index is 13.6. The highest BCUT2D eigenvalue weighted by Crippen LogP contribution is 2.11. The molecule has 1 rings (SSSR count). The molecule has 0 aromatic heterocycles. The highest BCUT2D eigenvalue weighted by molar-refractivity contribution is 6.83. The summed E-state index contributed by atoms with van der Waals surface area (Å²) in [6, 6.07) is 4.29. The van der Waals surface area contributed by atoms with Crippen molar-refractivity contribution in [1.29, 1.82) is 0 Å². The lowest BCUT2D eigenvalue weighted by molar-refractivity contribution is 0.0595. The van der Waals surface area contributed by atoms with Crippen molar-refractivity contribution in [3.8, 4) is 11.5 Å². The first-order valence-electron chi connectivity index (χ1n) is 5.24. The van der Waals surface area contributed by atoms with Crippen LogP contribution >= 0.6 is 0 Å². The van der Waals surface area contributed by atoms with Gasteiger partial charge in [-0.2, -0.15) is 0 Å². The van der Waals surface area contributed by atoms with Crippen LogP contribution in [0.15, 0.2) is 18.2 Å². The molecule has 90 valence electrons. The number of hydrogen-bond donors (Lipinski definition) is 0. The Balaban J connectivity index is 3.04. The zero-order valence-electron chi connectivity index (χ0n) is 10.4. The Hall–Kier alpha value is -1.60. The molecule has 2 nitrogen and oxygen atoms in total. The summed E-state index contributed by atoms with van der Waals surface area (Å²) in [7, 11) is -0.252. The Bertz CT molecular complexity index is 492. The van der Waals surface area contributed by atoms with E-state index in [2.05, 4.69) is 35.8 Å². The van der Waals surface area contributed by atoms with Crippen molar-refractivity contribution in [3.63, 3.8) is 0 Å². The standard InChI is InChI=1S/C13H15FO2Si/c1-16-13(15)11-6-5-10(9-12(11)14)7-8-17(2,3)4/h5-6,9H,1-4H3. The van der Waals surface area contributed by atoms with Gasteiger partial charge in [-0.15, -0.1) is 5.54 Å². The molecule has 17 heavy (non-hydrogen) atoms. The van der Waals surface area contributed by atoms with E-state index < -0.39 is 19.9 Å². The van der Waals surface area contributed by atoms with Crippen LogP contribution in [0.5, 0.6) is 0 Å². The SMILES string of the molecule is COC(=O)c1ccc(C#C[Si](C)(C)C)cc1F. The summed E-state index contributed by atoms with van der Waals surface area (Å²) in [6.45, 7) is 6.33. The van der Waals surface area contributed by atoms with E-state index in [9.17, 15) is 9.18 Å². The van der Waals surface area contributed by atoms with Crippen molar-refractivity contribution in [2.45, 2.75) is 19.6 Å². The lowest BCUT2D eigenvalue weighted by Gasteiger charge is -2.04. The smallest absolute Gasteiger partial charge is 0.340 e. The van der Waals surface area contributed by atoms with E-state index in [1.54, 1.807) is 6.07 Å². The van der Waals surface area contributed by atoms with E-state index in [0.717, 1.165) is 0 Å². The normalized spacial score (nSPS) is 10.4. The fourth-order valence-electron chi connectivity index (χ4n) is 1.13. The topological polar surface area (TPSA) is 26.3 Å². The van der Waals surface area contributed by atoms with Gasteiger partial charge in [0, 0.05) is 5.56 Å². The van der Waals surface area contributed by atoms with E-state index in [1.165, 1.54) is 19.2 Å². The van der Waals surface area contributed by atoms with Gasteiger partial charge in [0.15, 0.2) is 0 Å². The summed E-state index contributed by atoms with van der Waals surface area (Å²) in [5.74, 6) is 1.66. The predicted octanol–water partition coefficient (Wildman–Crippen LogP) is 2.84. The minimum absolute atomic E-state index is 0.0638. The molecule has 0 aliphatic heterocycles. The molecule has 0 aliphatic carbocycles. The van der Waals surface area contributed by atoms with Gasteiger partial charge in [0.1, 0.15) is 13.9 Å². The minimum Gasteiger partial charge on any atom is -0.465 e. The van der Waals surface area contributed by atoms with Crippen LogP contribution in [0.25, 0.3) is 0 Å². The third kappa shape index (κ3) is 4.04. The number of halogens is 1. The molecule has 0 bridgehead atoms. The summed E-state index contributed by atoms with van der Waals surface area (Å²) in [4.78, 5) is 11.2. The minimum atomic E-state index is -1.47. The monoisotopic (exact) mass is 250 g/mol. The largest absolute Gasteiger partial charge is 0.465 e. The van der Waals surface area contributed by atoms with Gasteiger partial charge in [0.25, 0.3) is 0 Å². The summed E-state index contributed by atoms with van der Waals surface area (Å²) < 4.78 is 18.0. The van der Waals surface area contributed by atoms with Gasteiger partial charge < -0.3 is 4.74 Å². The van der Waals surface area contributed by atoms with Crippen molar-refractivity contribution >= 4 is 14.0 Å². The molecular weight excluding hydrogens is 235 g/mol. The van der Waals surface area contributed by atoms with Crippen LogP contribution in [-0.4, -0.2) is 21.2 Å². The molecular formula is C13H15FO2Si. The number of benzene rings is 1. The molecule has 1 aromatic carbocycles. The second-order valence-electron chi connectivity index (χ2n) is 4.69. The molecule has 0 radical (unpaired) electrons. The van der Waals surface area contributed by atoms with Crippen LogP contribution in [0.4, 0.5) is 4.39 Å². The Morgan fingerprint density at radius 3 is 2.47 bits per heavy atom. The Morgan fingerprint density at radius 1 is 1.35 bits per heavy atom. The van der Waals surface area contributed by atoms with Gasteiger partial charge in [-0.3, -0.25) is 0 Å². The Morgan fingerprint density at radius 2 is 2.00 bits per heavy atom.